The van der Waals surface area contributed by atoms with Crippen molar-refractivity contribution >= 4 is 11.7 Å². The van der Waals surface area contributed by atoms with Crippen LogP contribution in [0.5, 0.6) is 0 Å². The number of carboxylic acid groups (broad SMARTS) is 1. The molecule has 0 saturated heterocycles. The third kappa shape index (κ3) is 2.96. The molecule has 8 heteroatoms. The van der Waals surface area contributed by atoms with E-state index < -0.39 is 34.2 Å². The molecule has 0 saturated carbocycles. The number of alkyl halides is 3. The zero-order valence-corrected chi connectivity index (χ0v) is 9.06. The van der Waals surface area contributed by atoms with Crippen LogP contribution in [-0.4, -0.2) is 16.0 Å². The average Bonchev–Trinajstić information content (AvgIpc) is 2.26. The van der Waals surface area contributed by atoms with Crippen LogP contribution in [0.15, 0.2) is 18.2 Å². The van der Waals surface area contributed by atoms with Crippen molar-refractivity contribution in [3.05, 3.63) is 39.4 Å². The molecule has 0 aliphatic rings. The molecular weight excluding hydrogens is 255 g/mol. The second kappa shape index (κ2) is 4.63. The van der Waals surface area contributed by atoms with E-state index >= 15 is 0 Å². The fraction of sp³-hybridized carbons (Fsp3) is 0.300. The quantitative estimate of drug-likeness (QED) is 0.671. The Hall–Kier alpha value is -2.12. The van der Waals surface area contributed by atoms with Crippen LogP contribution in [-0.2, 0) is 11.0 Å². The van der Waals surface area contributed by atoms with Crippen LogP contribution in [0.1, 0.15) is 24.0 Å². The minimum Gasteiger partial charge on any atom is -0.481 e. The predicted octanol–water partition coefficient (Wildman–Crippen LogP) is 2.80. The van der Waals surface area contributed by atoms with Gasteiger partial charge in [0.1, 0.15) is 0 Å². The molecule has 0 aromatic heterocycles. The first-order valence-corrected chi connectivity index (χ1v) is 4.72. The molecule has 98 valence electrons. The normalized spacial score (nSPS) is 13.1. The summed E-state index contributed by atoms with van der Waals surface area (Å²) in [7, 11) is 0. The maximum absolute atomic E-state index is 12.5. The Morgan fingerprint density at radius 2 is 1.94 bits per heavy atom. The Labute approximate surface area is 99.0 Å². The summed E-state index contributed by atoms with van der Waals surface area (Å²) in [5.74, 6) is -2.62. The monoisotopic (exact) mass is 263 g/mol. The predicted molar refractivity (Wildman–Crippen MR) is 54.1 cm³/mol. The van der Waals surface area contributed by atoms with Crippen LogP contribution in [0.3, 0.4) is 0 Å². The molecule has 0 bridgehead atoms. The highest BCUT2D eigenvalue weighted by Gasteiger charge is 2.33. The van der Waals surface area contributed by atoms with Gasteiger partial charge >= 0.3 is 12.1 Å². The van der Waals surface area contributed by atoms with E-state index in [2.05, 4.69) is 0 Å². The standard InChI is InChI=1S/C10H8F3NO4/c1-5(9(15)16)6-2-7(10(11,12)13)4-8(3-6)14(17)18/h2-5H,1H3,(H,15,16). The summed E-state index contributed by atoms with van der Waals surface area (Å²) in [6.07, 6.45) is -4.76. The summed E-state index contributed by atoms with van der Waals surface area (Å²) < 4.78 is 37.5. The number of nitrogens with zero attached hydrogens (tertiary/aromatic N) is 1. The van der Waals surface area contributed by atoms with Gasteiger partial charge in [0.05, 0.1) is 16.4 Å². The van der Waals surface area contributed by atoms with Gasteiger partial charge < -0.3 is 5.11 Å². The lowest BCUT2D eigenvalue weighted by Gasteiger charge is -2.11. The van der Waals surface area contributed by atoms with Gasteiger partial charge in [-0.3, -0.25) is 14.9 Å². The number of halogens is 3. The van der Waals surface area contributed by atoms with Gasteiger partial charge in [0.25, 0.3) is 5.69 Å². The van der Waals surface area contributed by atoms with Gasteiger partial charge in [-0.15, -0.1) is 0 Å². The number of hydrogen-bond acceptors (Lipinski definition) is 3. The molecule has 18 heavy (non-hydrogen) atoms. The molecule has 5 nitrogen and oxygen atoms in total. The zero-order valence-electron chi connectivity index (χ0n) is 9.06. The van der Waals surface area contributed by atoms with E-state index in [9.17, 15) is 28.1 Å². The highest BCUT2D eigenvalue weighted by Crippen LogP contribution is 2.34. The van der Waals surface area contributed by atoms with Crippen molar-refractivity contribution in [2.45, 2.75) is 19.0 Å². The first-order valence-electron chi connectivity index (χ1n) is 4.72. The average molecular weight is 263 g/mol. The second-order valence-electron chi connectivity index (χ2n) is 3.63. The number of benzene rings is 1. The molecule has 0 amide bonds. The van der Waals surface area contributed by atoms with E-state index in [4.69, 9.17) is 5.11 Å². The van der Waals surface area contributed by atoms with Gasteiger partial charge in [-0.05, 0) is 18.6 Å². The van der Waals surface area contributed by atoms with E-state index in [0.717, 1.165) is 13.0 Å². The highest BCUT2D eigenvalue weighted by molar-refractivity contribution is 5.76. The Balaban J connectivity index is 3.40. The molecule has 1 N–H and O–H groups in total. The molecule has 1 aromatic rings. The van der Waals surface area contributed by atoms with Crippen molar-refractivity contribution in [3.8, 4) is 0 Å². The van der Waals surface area contributed by atoms with Gasteiger partial charge in [-0.2, -0.15) is 13.2 Å². The lowest BCUT2D eigenvalue weighted by atomic mass is 9.98. The Morgan fingerprint density at radius 1 is 1.39 bits per heavy atom. The van der Waals surface area contributed by atoms with E-state index in [0.29, 0.717) is 12.1 Å². The number of nitro groups is 1. The van der Waals surface area contributed by atoms with Crippen molar-refractivity contribution in [1.29, 1.82) is 0 Å². The molecule has 0 spiro atoms. The molecule has 1 rings (SSSR count). The molecular formula is C10H8F3NO4. The third-order valence-electron chi connectivity index (χ3n) is 2.35. The van der Waals surface area contributed by atoms with Gasteiger partial charge in [0.2, 0.25) is 0 Å². The second-order valence-corrected chi connectivity index (χ2v) is 3.63. The van der Waals surface area contributed by atoms with E-state index in [1.165, 1.54) is 0 Å². The first kappa shape index (κ1) is 13.9. The van der Waals surface area contributed by atoms with Crippen LogP contribution >= 0.6 is 0 Å². The summed E-state index contributed by atoms with van der Waals surface area (Å²) in [5, 5.41) is 19.2. The minimum absolute atomic E-state index is 0.260. The van der Waals surface area contributed by atoms with Crippen molar-refractivity contribution < 1.29 is 28.0 Å². The summed E-state index contributed by atoms with van der Waals surface area (Å²) in [4.78, 5) is 20.2. The molecule has 0 heterocycles. The largest absolute Gasteiger partial charge is 0.481 e. The Morgan fingerprint density at radius 3 is 2.33 bits per heavy atom. The van der Waals surface area contributed by atoms with Gasteiger partial charge in [0.15, 0.2) is 0 Å². The fourth-order valence-corrected chi connectivity index (χ4v) is 1.30. The number of non-ortho nitro benzene ring substituents is 1. The maximum Gasteiger partial charge on any atom is 0.416 e. The van der Waals surface area contributed by atoms with E-state index in [1.807, 2.05) is 0 Å². The van der Waals surface area contributed by atoms with Crippen LogP contribution < -0.4 is 0 Å². The smallest absolute Gasteiger partial charge is 0.416 e. The fourth-order valence-electron chi connectivity index (χ4n) is 1.30. The van der Waals surface area contributed by atoms with Gasteiger partial charge in [-0.1, -0.05) is 0 Å². The van der Waals surface area contributed by atoms with Crippen molar-refractivity contribution in [2.75, 3.05) is 0 Å². The molecule has 0 aliphatic heterocycles. The molecule has 1 unspecified atom stereocenters. The first-order chi connectivity index (χ1) is 8.12. The van der Waals surface area contributed by atoms with Crippen LogP contribution in [0.4, 0.5) is 18.9 Å². The zero-order chi connectivity index (χ0) is 14.1. The van der Waals surface area contributed by atoms with Gasteiger partial charge in [0, 0.05) is 12.1 Å². The minimum atomic E-state index is -4.76. The lowest BCUT2D eigenvalue weighted by Crippen LogP contribution is -2.11. The van der Waals surface area contributed by atoms with Crippen LogP contribution in [0.25, 0.3) is 0 Å². The molecule has 0 aliphatic carbocycles. The summed E-state index contributed by atoms with van der Waals surface area (Å²) >= 11 is 0. The van der Waals surface area contributed by atoms with E-state index in [1.54, 1.807) is 0 Å². The van der Waals surface area contributed by atoms with Crippen molar-refractivity contribution in [2.24, 2.45) is 0 Å². The molecule has 0 fully saturated rings. The molecule has 1 atom stereocenters. The summed E-state index contributed by atoms with van der Waals surface area (Å²) in [6.45, 7) is 1.15. The number of rotatable bonds is 3. The van der Waals surface area contributed by atoms with Gasteiger partial charge in [-0.25, -0.2) is 0 Å². The highest BCUT2D eigenvalue weighted by atomic mass is 19.4. The van der Waals surface area contributed by atoms with Crippen LogP contribution in [0, 0.1) is 10.1 Å². The van der Waals surface area contributed by atoms with E-state index in [-0.39, 0.29) is 5.56 Å². The molecule has 0 radical (unpaired) electrons. The number of nitro benzene ring substituents is 1. The SMILES string of the molecule is CC(C(=O)O)c1cc([N+](=O)[O-])cc(C(F)(F)F)c1. The third-order valence-corrected chi connectivity index (χ3v) is 2.35. The lowest BCUT2D eigenvalue weighted by molar-refractivity contribution is -0.385. The number of aliphatic carboxylic acids is 1. The summed E-state index contributed by atoms with van der Waals surface area (Å²) in [6, 6.07) is 1.80. The number of carbonyl (C=O) groups is 1. The number of hydrogen-bond donors (Lipinski definition) is 1. The Bertz CT molecular complexity index is 498. The van der Waals surface area contributed by atoms with Crippen LogP contribution in [0.2, 0.25) is 0 Å². The van der Waals surface area contributed by atoms with Crippen molar-refractivity contribution in [3.63, 3.8) is 0 Å². The molecule has 1 aromatic carbocycles. The number of carboxylic acids is 1. The maximum atomic E-state index is 12.5. The Kier molecular flexibility index (Phi) is 3.59. The summed E-state index contributed by atoms with van der Waals surface area (Å²) in [5.41, 5.74) is -2.28. The topological polar surface area (TPSA) is 80.4 Å². The van der Waals surface area contributed by atoms with Crippen molar-refractivity contribution in [1.82, 2.24) is 0 Å².